The first kappa shape index (κ1) is 20.8. The van der Waals surface area contributed by atoms with Crippen molar-refractivity contribution in [2.45, 2.75) is 4.90 Å². The average Bonchev–Trinajstić information content (AvgIpc) is 2.78. The Balaban J connectivity index is 1.61. The van der Waals surface area contributed by atoms with Crippen LogP contribution in [0.1, 0.15) is 0 Å². The van der Waals surface area contributed by atoms with Gasteiger partial charge in [0.25, 0.3) is 15.9 Å². The molecule has 0 N–H and O–H groups in total. The minimum Gasteiger partial charge on any atom is -0.489 e. The first-order valence-electron chi connectivity index (χ1n) is 9.49. The second-order valence-corrected chi connectivity index (χ2v) is 9.03. The number of fused-ring (bicyclic) bond motifs is 1. The summed E-state index contributed by atoms with van der Waals surface area (Å²) >= 11 is 6.09. The van der Waals surface area contributed by atoms with E-state index in [-0.39, 0.29) is 41.3 Å². The lowest BCUT2D eigenvalue weighted by Crippen LogP contribution is -2.43. The number of ether oxygens (including phenoxy) is 3. The van der Waals surface area contributed by atoms with Crippen LogP contribution < -0.4 is 13.8 Å². The van der Waals surface area contributed by atoms with Crippen LogP contribution in [0, 0.1) is 0 Å². The molecule has 2 heterocycles. The third-order valence-corrected chi connectivity index (χ3v) is 6.94. The normalized spacial score (nSPS) is 16.6. The van der Waals surface area contributed by atoms with Gasteiger partial charge in [0, 0.05) is 18.1 Å². The van der Waals surface area contributed by atoms with Crippen molar-refractivity contribution in [2.24, 2.45) is 0 Å². The van der Waals surface area contributed by atoms with E-state index in [0.717, 1.165) is 0 Å². The third-order valence-electron chi connectivity index (χ3n) is 4.87. The number of benzene rings is 2. The predicted molar refractivity (Wildman–Crippen MR) is 111 cm³/mol. The minimum absolute atomic E-state index is 0.0741. The Labute approximate surface area is 179 Å². The van der Waals surface area contributed by atoms with Gasteiger partial charge in [-0.1, -0.05) is 23.7 Å². The Hall–Kier alpha value is -2.49. The fourth-order valence-electron chi connectivity index (χ4n) is 3.36. The summed E-state index contributed by atoms with van der Waals surface area (Å²) in [6.45, 7) is 2.02. The largest absolute Gasteiger partial charge is 0.489 e. The van der Waals surface area contributed by atoms with Crippen molar-refractivity contribution >= 4 is 33.2 Å². The van der Waals surface area contributed by atoms with Crippen LogP contribution >= 0.6 is 11.6 Å². The van der Waals surface area contributed by atoms with Gasteiger partial charge in [0.15, 0.2) is 6.61 Å². The SMILES string of the molecule is O=C(COc1ccc(Cl)cc1S(=O)(=O)N1CCOc2ccccc21)N1CCOCC1. The quantitative estimate of drug-likeness (QED) is 0.691. The summed E-state index contributed by atoms with van der Waals surface area (Å²) in [7, 11) is -4.00. The zero-order chi connectivity index (χ0) is 21.1. The first-order chi connectivity index (χ1) is 14.5. The lowest BCUT2D eigenvalue weighted by Gasteiger charge is -2.31. The number of hydrogen-bond acceptors (Lipinski definition) is 6. The molecule has 0 aromatic heterocycles. The molecule has 1 fully saturated rings. The number of para-hydroxylation sites is 2. The van der Waals surface area contributed by atoms with Crippen LogP contribution in [-0.4, -0.2) is 65.3 Å². The maximum Gasteiger partial charge on any atom is 0.268 e. The maximum atomic E-state index is 13.5. The number of halogens is 1. The highest BCUT2D eigenvalue weighted by atomic mass is 35.5. The number of sulfonamides is 1. The molecule has 4 rings (SSSR count). The van der Waals surface area contributed by atoms with Crippen molar-refractivity contribution in [2.75, 3.05) is 50.4 Å². The van der Waals surface area contributed by atoms with Crippen LogP contribution in [0.2, 0.25) is 5.02 Å². The number of amides is 1. The van der Waals surface area contributed by atoms with E-state index >= 15 is 0 Å². The Bertz CT molecular complexity index is 1040. The van der Waals surface area contributed by atoms with Gasteiger partial charge >= 0.3 is 0 Å². The summed E-state index contributed by atoms with van der Waals surface area (Å²) in [5.41, 5.74) is 0.444. The highest BCUT2D eigenvalue weighted by Gasteiger charge is 2.33. The molecule has 0 unspecified atom stereocenters. The van der Waals surface area contributed by atoms with E-state index in [1.807, 2.05) is 0 Å². The average molecular weight is 453 g/mol. The summed E-state index contributed by atoms with van der Waals surface area (Å²) < 4.78 is 44.7. The molecule has 2 aliphatic heterocycles. The Morgan fingerprint density at radius 1 is 1.07 bits per heavy atom. The lowest BCUT2D eigenvalue weighted by atomic mass is 10.2. The van der Waals surface area contributed by atoms with Gasteiger partial charge in [0.1, 0.15) is 23.0 Å². The second kappa shape index (κ2) is 8.71. The topological polar surface area (TPSA) is 85.4 Å². The third kappa shape index (κ3) is 4.19. The van der Waals surface area contributed by atoms with E-state index < -0.39 is 10.0 Å². The minimum atomic E-state index is -4.00. The summed E-state index contributed by atoms with van der Waals surface area (Å²) in [6, 6.07) is 11.2. The lowest BCUT2D eigenvalue weighted by molar-refractivity contribution is -0.137. The molecule has 2 aromatic carbocycles. The maximum absolute atomic E-state index is 13.5. The van der Waals surface area contributed by atoms with Crippen molar-refractivity contribution < 1.29 is 27.4 Å². The molecule has 2 aliphatic rings. The molecule has 0 saturated carbocycles. The van der Waals surface area contributed by atoms with E-state index in [2.05, 4.69) is 0 Å². The number of hydrogen-bond donors (Lipinski definition) is 0. The molecule has 30 heavy (non-hydrogen) atoms. The van der Waals surface area contributed by atoms with Gasteiger partial charge in [-0.3, -0.25) is 9.10 Å². The summed E-state index contributed by atoms with van der Waals surface area (Å²) in [5, 5.41) is 0.252. The highest BCUT2D eigenvalue weighted by molar-refractivity contribution is 7.93. The molecule has 0 spiro atoms. The van der Waals surface area contributed by atoms with Crippen molar-refractivity contribution in [1.82, 2.24) is 4.90 Å². The molecular formula is C20H21ClN2O6S. The van der Waals surface area contributed by atoms with E-state index in [1.165, 1.54) is 22.5 Å². The van der Waals surface area contributed by atoms with Crippen LogP contribution in [0.15, 0.2) is 47.4 Å². The van der Waals surface area contributed by atoms with E-state index in [4.69, 9.17) is 25.8 Å². The van der Waals surface area contributed by atoms with Gasteiger partial charge in [-0.05, 0) is 30.3 Å². The van der Waals surface area contributed by atoms with Crippen molar-refractivity contribution in [3.8, 4) is 11.5 Å². The van der Waals surface area contributed by atoms with Crippen molar-refractivity contribution in [3.05, 3.63) is 47.5 Å². The van der Waals surface area contributed by atoms with Crippen LogP contribution in [0.25, 0.3) is 0 Å². The van der Waals surface area contributed by atoms with Crippen LogP contribution in [0.5, 0.6) is 11.5 Å². The van der Waals surface area contributed by atoms with Crippen LogP contribution in [0.3, 0.4) is 0 Å². The summed E-state index contributed by atoms with van der Waals surface area (Å²) in [5.74, 6) is 0.331. The van der Waals surface area contributed by atoms with E-state index in [0.29, 0.717) is 37.7 Å². The van der Waals surface area contributed by atoms with Gasteiger partial charge in [0.05, 0.1) is 25.4 Å². The molecule has 10 heteroatoms. The predicted octanol–water partition coefficient (Wildman–Crippen LogP) is 2.17. The van der Waals surface area contributed by atoms with Gasteiger partial charge < -0.3 is 19.1 Å². The Morgan fingerprint density at radius 3 is 2.63 bits per heavy atom. The van der Waals surface area contributed by atoms with E-state index in [1.54, 1.807) is 29.2 Å². The second-order valence-electron chi connectivity index (χ2n) is 6.77. The molecule has 0 aliphatic carbocycles. The monoisotopic (exact) mass is 452 g/mol. The van der Waals surface area contributed by atoms with Gasteiger partial charge in [-0.15, -0.1) is 0 Å². The summed E-state index contributed by atoms with van der Waals surface area (Å²) in [4.78, 5) is 13.9. The first-order valence-corrected chi connectivity index (χ1v) is 11.3. The number of nitrogens with zero attached hydrogens (tertiary/aromatic N) is 2. The van der Waals surface area contributed by atoms with E-state index in [9.17, 15) is 13.2 Å². The molecule has 0 bridgehead atoms. The van der Waals surface area contributed by atoms with Crippen molar-refractivity contribution in [3.63, 3.8) is 0 Å². The zero-order valence-electron chi connectivity index (χ0n) is 16.1. The Kier molecular flexibility index (Phi) is 6.03. The molecule has 0 atom stereocenters. The fourth-order valence-corrected chi connectivity index (χ4v) is 5.21. The number of carbonyl (C=O) groups is 1. The molecule has 8 nitrogen and oxygen atoms in total. The number of rotatable bonds is 5. The highest BCUT2D eigenvalue weighted by Crippen LogP contribution is 2.37. The van der Waals surface area contributed by atoms with Crippen molar-refractivity contribution in [1.29, 1.82) is 0 Å². The van der Waals surface area contributed by atoms with Gasteiger partial charge in [-0.25, -0.2) is 8.42 Å². The Morgan fingerprint density at radius 2 is 1.83 bits per heavy atom. The van der Waals surface area contributed by atoms with Gasteiger partial charge in [0.2, 0.25) is 0 Å². The molecule has 1 saturated heterocycles. The molecule has 160 valence electrons. The number of anilines is 1. The molecule has 1 amide bonds. The fraction of sp³-hybridized carbons (Fsp3) is 0.350. The molecule has 0 radical (unpaired) electrons. The standard InChI is InChI=1S/C20H21ClN2O6S/c21-15-5-6-18(29-14-20(24)22-7-10-27-11-8-22)19(13-15)30(25,26)23-9-12-28-17-4-2-1-3-16(17)23/h1-6,13H,7-12,14H2. The molecular weight excluding hydrogens is 432 g/mol. The number of morpholine rings is 1. The zero-order valence-corrected chi connectivity index (χ0v) is 17.7. The van der Waals surface area contributed by atoms with Crippen LogP contribution in [-0.2, 0) is 19.6 Å². The summed E-state index contributed by atoms with van der Waals surface area (Å²) in [6.07, 6.45) is 0. The number of carbonyl (C=O) groups excluding carboxylic acids is 1. The molecule has 2 aromatic rings. The van der Waals surface area contributed by atoms with Crippen LogP contribution in [0.4, 0.5) is 5.69 Å². The van der Waals surface area contributed by atoms with Gasteiger partial charge in [-0.2, -0.15) is 0 Å². The smallest absolute Gasteiger partial charge is 0.268 e.